The first-order valence-corrected chi connectivity index (χ1v) is 5.01. The summed E-state index contributed by atoms with van der Waals surface area (Å²) in [6.07, 6.45) is 2.88. The summed E-state index contributed by atoms with van der Waals surface area (Å²) in [4.78, 5) is 10.7. The van der Waals surface area contributed by atoms with Crippen molar-refractivity contribution in [2.75, 3.05) is 13.2 Å². The van der Waals surface area contributed by atoms with Crippen molar-refractivity contribution in [2.45, 2.75) is 27.2 Å². The largest absolute Gasteiger partial charge is 0.478 e. The second-order valence-electron chi connectivity index (χ2n) is 4.15. The summed E-state index contributed by atoms with van der Waals surface area (Å²) < 4.78 is 5.22. The molecule has 3 heteroatoms. The quantitative estimate of drug-likeness (QED) is 0.703. The lowest BCUT2D eigenvalue weighted by Gasteiger charge is -2.44. The van der Waals surface area contributed by atoms with Crippen LogP contribution in [0.1, 0.15) is 27.2 Å². The van der Waals surface area contributed by atoms with Gasteiger partial charge in [-0.2, -0.15) is 0 Å². The maximum atomic E-state index is 10.7. The third kappa shape index (κ3) is 1.98. The zero-order valence-corrected chi connectivity index (χ0v) is 9.04. The van der Waals surface area contributed by atoms with Crippen molar-refractivity contribution < 1.29 is 14.6 Å². The normalized spacial score (nSPS) is 22.6. The lowest BCUT2D eigenvalue weighted by Crippen LogP contribution is -2.46. The van der Waals surface area contributed by atoms with Gasteiger partial charge in [-0.15, -0.1) is 0 Å². The molecule has 1 aliphatic rings. The monoisotopic (exact) mass is 198 g/mol. The molecule has 0 spiro atoms. The van der Waals surface area contributed by atoms with Crippen LogP contribution in [0.5, 0.6) is 0 Å². The molecule has 0 aromatic heterocycles. The molecule has 1 rings (SSSR count). The Morgan fingerprint density at radius 1 is 1.64 bits per heavy atom. The fourth-order valence-electron chi connectivity index (χ4n) is 1.78. The van der Waals surface area contributed by atoms with E-state index in [0.717, 1.165) is 19.6 Å². The number of hydrogen-bond acceptors (Lipinski definition) is 2. The highest BCUT2D eigenvalue weighted by molar-refractivity contribution is 5.85. The predicted octanol–water partition coefficient (Wildman–Crippen LogP) is 2.08. The maximum absolute atomic E-state index is 10.7. The van der Waals surface area contributed by atoms with Gasteiger partial charge in [0.2, 0.25) is 0 Å². The number of rotatable bonds is 4. The van der Waals surface area contributed by atoms with E-state index in [2.05, 4.69) is 13.8 Å². The molecule has 3 nitrogen and oxygen atoms in total. The average Bonchev–Trinajstić information content (AvgIpc) is 2.02. The van der Waals surface area contributed by atoms with Crippen LogP contribution in [-0.2, 0) is 9.53 Å². The molecule has 0 bridgehead atoms. The van der Waals surface area contributed by atoms with Gasteiger partial charge in [-0.1, -0.05) is 19.9 Å². The van der Waals surface area contributed by atoms with Crippen molar-refractivity contribution in [1.29, 1.82) is 0 Å². The Hall–Kier alpha value is -0.830. The van der Waals surface area contributed by atoms with Gasteiger partial charge in [0.15, 0.2) is 0 Å². The molecule has 14 heavy (non-hydrogen) atoms. The van der Waals surface area contributed by atoms with Gasteiger partial charge in [0.05, 0.1) is 13.2 Å². The van der Waals surface area contributed by atoms with Crippen LogP contribution < -0.4 is 0 Å². The molecule has 1 N–H and O–H groups in total. The summed E-state index contributed by atoms with van der Waals surface area (Å²) >= 11 is 0. The van der Waals surface area contributed by atoms with E-state index in [1.807, 2.05) is 6.08 Å². The van der Waals surface area contributed by atoms with Crippen LogP contribution in [0, 0.1) is 11.3 Å². The Balaban J connectivity index is 2.69. The Labute approximate surface area is 84.8 Å². The first-order chi connectivity index (χ1) is 6.52. The van der Waals surface area contributed by atoms with Gasteiger partial charge < -0.3 is 9.84 Å². The van der Waals surface area contributed by atoms with E-state index in [0.29, 0.717) is 5.57 Å². The number of ether oxygens (including phenoxy) is 1. The lowest BCUT2D eigenvalue weighted by atomic mass is 9.72. The van der Waals surface area contributed by atoms with E-state index in [1.54, 1.807) is 6.92 Å². The van der Waals surface area contributed by atoms with Gasteiger partial charge in [-0.05, 0) is 19.3 Å². The minimum absolute atomic E-state index is 0.177. The van der Waals surface area contributed by atoms with Crippen LogP contribution in [0.4, 0.5) is 0 Å². The van der Waals surface area contributed by atoms with Crippen molar-refractivity contribution in [2.24, 2.45) is 11.3 Å². The van der Waals surface area contributed by atoms with Crippen molar-refractivity contribution in [3.8, 4) is 0 Å². The van der Waals surface area contributed by atoms with E-state index in [9.17, 15) is 4.79 Å². The standard InChI is InChI=1S/C11H18O3/c1-4-11(6-14-7-11)9(3)5-8(2)10(12)13/h5,9H,4,6-7H2,1-3H3,(H,12,13). The highest BCUT2D eigenvalue weighted by atomic mass is 16.5. The molecule has 1 atom stereocenters. The van der Waals surface area contributed by atoms with Crippen LogP contribution in [0.3, 0.4) is 0 Å². The summed E-state index contributed by atoms with van der Waals surface area (Å²) in [6.45, 7) is 7.35. The van der Waals surface area contributed by atoms with Gasteiger partial charge in [0.25, 0.3) is 0 Å². The third-order valence-corrected chi connectivity index (χ3v) is 3.29. The first kappa shape index (κ1) is 11.2. The summed E-state index contributed by atoms with van der Waals surface area (Å²) in [7, 11) is 0. The molecule has 0 radical (unpaired) electrons. The maximum Gasteiger partial charge on any atom is 0.330 e. The molecular formula is C11H18O3. The second-order valence-corrected chi connectivity index (χ2v) is 4.15. The molecule has 80 valence electrons. The summed E-state index contributed by atoms with van der Waals surface area (Å²) in [5.74, 6) is -0.555. The topological polar surface area (TPSA) is 46.5 Å². The van der Waals surface area contributed by atoms with Crippen LogP contribution in [0.25, 0.3) is 0 Å². The molecule has 1 heterocycles. The molecule has 0 saturated carbocycles. The molecule has 0 amide bonds. The number of carboxylic acids is 1. The first-order valence-electron chi connectivity index (χ1n) is 5.01. The van der Waals surface area contributed by atoms with E-state index in [1.165, 1.54) is 0 Å². The van der Waals surface area contributed by atoms with Crippen molar-refractivity contribution in [1.82, 2.24) is 0 Å². The van der Waals surface area contributed by atoms with Crippen molar-refractivity contribution in [3.63, 3.8) is 0 Å². The number of allylic oxidation sites excluding steroid dienone is 1. The predicted molar refractivity (Wildman–Crippen MR) is 54.1 cm³/mol. The van der Waals surface area contributed by atoms with Gasteiger partial charge in [0.1, 0.15) is 0 Å². The van der Waals surface area contributed by atoms with Gasteiger partial charge in [-0.3, -0.25) is 0 Å². The van der Waals surface area contributed by atoms with Crippen molar-refractivity contribution in [3.05, 3.63) is 11.6 Å². The number of hydrogen-bond donors (Lipinski definition) is 1. The van der Waals surface area contributed by atoms with E-state index in [-0.39, 0.29) is 11.3 Å². The molecule has 1 saturated heterocycles. The molecular weight excluding hydrogens is 180 g/mol. The molecule has 1 unspecified atom stereocenters. The number of aliphatic carboxylic acids is 1. The number of carbonyl (C=O) groups is 1. The lowest BCUT2D eigenvalue weighted by molar-refractivity contribution is -0.136. The van der Waals surface area contributed by atoms with Crippen molar-refractivity contribution >= 4 is 5.97 Å². The third-order valence-electron chi connectivity index (χ3n) is 3.29. The summed E-state index contributed by atoms with van der Waals surface area (Å²) in [5, 5.41) is 8.76. The zero-order chi connectivity index (χ0) is 10.8. The Kier molecular flexibility index (Phi) is 3.32. The second kappa shape index (κ2) is 4.13. The average molecular weight is 198 g/mol. The molecule has 0 aromatic carbocycles. The van der Waals surface area contributed by atoms with Gasteiger partial charge in [0, 0.05) is 11.0 Å². The smallest absolute Gasteiger partial charge is 0.330 e. The Bertz CT molecular complexity index is 246. The molecule has 1 aliphatic heterocycles. The molecule has 0 aromatic rings. The highest BCUT2D eigenvalue weighted by Gasteiger charge is 2.40. The van der Waals surface area contributed by atoms with Crippen LogP contribution in [0.15, 0.2) is 11.6 Å². The fraction of sp³-hybridized carbons (Fsp3) is 0.727. The minimum atomic E-state index is -0.830. The van der Waals surface area contributed by atoms with E-state index in [4.69, 9.17) is 9.84 Å². The van der Waals surface area contributed by atoms with Crippen LogP contribution >= 0.6 is 0 Å². The summed E-state index contributed by atoms with van der Waals surface area (Å²) in [5.41, 5.74) is 0.605. The molecule has 0 aliphatic carbocycles. The highest BCUT2D eigenvalue weighted by Crippen LogP contribution is 2.40. The molecule has 1 fully saturated rings. The Morgan fingerprint density at radius 2 is 2.21 bits per heavy atom. The van der Waals surface area contributed by atoms with Gasteiger partial charge in [-0.25, -0.2) is 4.79 Å². The van der Waals surface area contributed by atoms with Crippen LogP contribution in [-0.4, -0.2) is 24.3 Å². The van der Waals surface area contributed by atoms with Gasteiger partial charge >= 0.3 is 5.97 Å². The SMILES string of the molecule is CCC1(C(C)C=C(C)C(=O)O)COC1. The minimum Gasteiger partial charge on any atom is -0.478 e. The van der Waals surface area contributed by atoms with E-state index >= 15 is 0 Å². The van der Waals surface area contributed by atoms with E-state index < -0.39 is 5.97 Å². The zero-order valence-electron chi connectivity index (χ0n) is 9.04. The Morgan fingerprint density at radius 3 is 2.50 bits per heavy atom. The number of carboxylic acid groups (broad SMARTS) is 1. The fourth-order valence-corrected chi connectivity index (χ4v) is 1.78. The van der Waals surface area contributed by atoms with Crippen LogP contribution in [0.2, 0.25) is 0 Å². The summed E-state index contributed by atoms with van der Waals surface area (Å²) in [6, 6.07) is 0.